The predicted molar refractivity (Wildman–Crippen MR) is 110 cm³/mol. The van der Waals surface area contributed by atoms with Crippen molar-refractivity contribution in [2.75, 3.05) is 6.54 Å². The summed E-state index contributed by atoms with van der Waals surface area (Å²) in [5, 5.41) is 2.67. The third-order valence-corrected chi connectivity index (χ3v) is 4.96. The summed E-state index contributed by atoms with van der Waals surface area (Å²) >= 11 is 0. The molecule has 1 N–H and O–H groups in total. The lowest BCUT2D eigenvalue weighted by Crippen LogP contribution is -2.27. The van der Waals surface area contributed by atoms with Crippen LogP contribution in [0, 0.1) is 0 Å². The van der Waals surface area contributed by atoms with E-state index in [1.165, 1.54) is 18.4 Å². The topological polar surface area (TPSA) is 58.4 Å². The molecular formula is C23H24F3N3O2. The standard InChI is InChI=1S/C23H24F3N3O2/c1-3-27-22(30)20-15-31-21(28-20)14-29(16(2)18-7-5-4-6-8-18)13-17-9-11-19(12-10-17)23(24,25)26/h4-12,15-16H,3,13-14H2,1-2H3,(H,27,30). The smallest absolute Gasteiger partial charge is 0.416 e. The minimum atomic E-state index is -4.37. The van der Waals surface area contributed by atoms with Crippen molar-refractivity contribution in [1.29, 1.82) is 0 Å². The summed E-state index contributed by atoms with van der Waals surface area (Å²) in [6, 6.07) is 14.8. The van der Waals surface area contributed by atoms with Gasteiger partial charge in [0, 0.05) is 19.1 Å². The largest absolute Gasteiger partial charge is 0.447 e. The van der Waals surface area contributed by atoms with Crippen LogP contribution in [-0.4, -0.2) is 22.3 Å². The number of carbonyl (C=O) groups is 1. The second kappa shape index (κ2) is 9.78. The fraction of sp³-hybridized carbons (Fsp3) is 0.304. The minimum absolute atomic E-state index is 0.0664. The van der Waals surface area contributed by atoms with Gasteiger partial charge in [-0.05, 0) is 37.1 Å². The van der Waals surface area contributed by atoms with E-state index in [0.717, 1.165) is 23.3 Å². The molecule has 1 unspecified atom stereocenters. The Kier molecular flexibility index (Phi) is 7.12. The third-order valence-electron chi connectivity index (χ3n) is 4.96. The molecule has 2 aromatic carbocycles. The number of hydrogen-bond donors (Lipinski definition) is 1. The van der Waals surface area contributed by atoms with Crippen molar-refractivity contribution in [3.8, 4) is 0 Å². The van der Waals surface area contributed by atoms with Crippen LogP contribution < -0.4 is 5.32 Å². The second-order valence-corrected chi connectivity index (χ2v) is 7.17. The molecule has 31 heavy (non-hydrogen) atoms. The van der Waals surface area contributed by atoms with Gasteiger partial charge in [0.1, 0.15) is 6.26 Å². The summed E-state index contributed by atoms with van der Waals surface area (Å²) in [4.78, 5) is 18.3. The Labute approximate surface area is 178 Å². The summed E-state index contributed by atoms with van der Waals surface area (Å²) in [6.07, 6.45) is -3.06. The number of alkyl halides is 3. The first-order chi connectivity index (χ1) is 14.8. The summed E-state index contributed by atoms with van der Waals surface area (Å²) in [5.74, 6) is 0.0406. The zero-order chi connectivity index (χ0) is 22.4. The number of carbonyl (C=O) groups excluding carboxylic acids is 1. The lowest BCUT2D eigenvalue weighted by molar-refractivity contribution is -0.137. The molecule has 0 spiro atoms. The van der Waals surface area contributed by atoms with Gasteiger partial charge in [-0.25, -0.2) is 4.98 Å². The van der Waals surface area contributed by atoms with Crippen molar-refractivity contribution in [3.63, 3.8) is 0 Å². The zero-order valence-electron chi connectivity index (χ0n) is 17.3. The van der Waals surface area contributed by atoms with E-state index in [0.29, 0.717) is 19.0 Å². The Morgan fingerprint density at radius 1 is 1.10 bits per heavy atom. The highest BCUT2D eigenvalue weighted by Gasteiger charge is 2.30. The van der Waals surface area contributed by atoms with E-state index in [-0.39, 0.29) is 24.2 Å². The molecule has 1 amide bonds. The normalized spacial score (nSPS) is 12.7. The van der Waals surface area contributed by atoms with Gasteiger partial charge in [-0.15, -0.1) is 0 Å². The van der Waals surface area contributed by atoms with E-state index < -0.39 is 11.7 Å². The van der Waals surface area contributed by atoms with E-state index >= 15 is 0 Å². The molecule has 5 nitrogen and oxygen atoms in total. The second-order valence-electron chi connectivity index (χ2n) is 7.17. The van der Waals surface area contributed by atoms with Crippen LogP contribution in [0.2, 0.25) is 0 Å². The first-order valence-electron chi connectivity index (χ1n) is 9.95. The number of nitrogens with one attached hydrogen (secondary N) is 1. The van der Waals surface area contributed by atoms with Crippen molar-refractivity contribution in [2.45, 2.75) is 39.2 Å². The van der Waals surface area contributed by atoms with Gasteiger partial charge in [-0.2, -0.15) is 13.2 Å². The van der Waals surface area contributed by atoms with Crippen LogP contribution in [0.1, 0.15) is 53.0 Å². The number of aromatic nitrogens is 1. The highest BCUT2D eigenvalue weighted by molar-refractivity contribution is 5.91. The minimum Gasteiger partial charge on any atom is -0.447 e. The maximum absolute atomic E-state index is 12.9. The molecule has 1 atom stereocenters. The Morgan fingerprint density at radius 3 is 2.39 bits per heavy atom. The molecule has 0 fully saturated rings. The SMILES string of the molecule is CCNC(=O)c1coc(CN(Cc2ccc(C(F)(F)F)cc2)C(C)c2ccccc2)n1. The number of rotatable bonds is 8. The maximum Gasteiger partial charge on any atom is 0.416 e. The van der Waals surface area contributed by atoms with E-state index in [1.807, 2.05) is 49.1 Å². The van der Waals surface area contributed by atoms with E-state index in [1.54, 1.807) is 0 Å². The van der Waals surface area contributed by atoms with Crippen LogP contribution in [0.15, 0.2) is 65.3 Å². The molecule has 0 radical (unpaired) electrons. The maximum atomic E-state index is 12.9. The summed E-state index contributed by atoms with van der Waals surface area (Å²) in [7, 11) is 0. The lowest BCUT2D eigenvalue weighted by atomic mass is 10.1. The van der Waals surface area contributed by atoms with Crippen molar-refractivity contribution in [1.82, 2.24) is 15.2 Å². The summed E-state index contributed by atoms with van der Waals surface area (Å²) in [5.41, 5.74) is 1.29. The molecule has 0 aliphatic carbocycles. The molecule has 8 heteroatoms. The van der Waals surface area contributed by atoms with Gasteiger partial charge in [-0.1, -0.05) is 42.5 Å². The van der Waals surface area contributed by atoms with Crippen LogP contribution in [0.3, 0.4) is 0 Å². The molecule has 0 aliphatic heterocycles. The van der Waals surface area contributed by atoms with Crippen LogP contribution in [0.4, 0.5) is 13.2 Å². The molecule has 1 heterocycles. The molecule has 0 bridgehead atoms. The van der Waals surface area contributed by atoms with E-state index in [9.17, 15) is 18.0 Å². The van der Waals surface area contributed by atoms with Gasteiger partial charge >= 0.3 is 6.18 Å². The van der Waals surface area contributed by atoms with E-state index in [4.69, 9.17) is 4.42 Å². The van der Waals surface area contributed by atoms with Crippen LogP contribution in [0.25, 0.3) is 0 Å². The number of oxazole rings is 1. The monoisotopic (exact) mass is 431 g/mol. The van der Waals surface area contributed by atoms with Gasteiger partial charge in [0.2, 0.25) is 5.89 Å². The average Bonchev–Trinajstić information content (AvgIpc) is 3.22. The molecule has 3 rings (SSSR count). The Morgan fingerprint density at radius 2 is 1.77 bits per heavy atom. The predicted octanol–water partition coefficient (Wildman–Crippen LogP) is 5.21. The number of benzene rings is 2. The Bertz CT molecular complexity index is 985. The van der Waals surface area contributed by atoms with Crippen LogP contribution in [0.5, 0.6) is 0 Å². The van der Waals surface area contributed by atoms with Crippen LogP contribution in [-0.2, 0) is 19.3 Å². The van der Waals surface area contributed by atoms with Crippen LogP contribution >= 0.6 is 0 Å². The number of hydrogen-bond acceptors (Lipinski definition) is 4. The third kappa shape index (κ3) is 5.95. The fourth-order valence-corrected chi connectivity index (χ4v) is 3.22. The average molecular weight is 431 g/mol. The number of halogens is 3. The number of amides is 1. The van der Waals surface area contributed by atoms with Gasteiger partial charge in [0.15, 0.2) is 5.69 Å². The Hall–Kier alpha value is -3.13. The van der Waals surface area contributed by atoms with Gasteiger partial charge in [0.05, 0.1) is 12.1 Å². The van der Waals surface area contributed by atoms with Gasteiger partial charge in [0.25, 0.3) is 5.91 Å². The van der Waals surface area contributed by atoms with Crippen molar-refractivity contribution < 1.29 is 22.4 Å². The lowest BCUT2D eigenvalue weighted by Gasteiger charge is -2.28. The fourth-order valence-electron chi connectivity index (χ4n) is 3.22. The number of nitrogens with zero attached hydrogens (tertiary/aromatic N) is 2. The highest BCUT2D eigenvalue weighted by atomic mass is 19.4. The first kappa shape index (κ1) is 22.6. The van der Waals surface area contributed by atoms with Crippen molar-refractivity contribution in [3.05, 3.63) is 89.1 Å². The van der Waals surface area contributed by atoms with Gasteiger partial charge < -0.3 is 9.73 Å². The van der Waals surface area contributed by atoms with Crippen molar-refractivity contribution in [2.24, 2.45) is 0 Å². The first-order valence-corrected chi connectivity index (χ1v) is 9.95. The molecule has 3 aromatic rings. The van der Waals surface area contributed by atoms with E-state index in [2.05, 4.69) is 10.3 Å². The molecule has 0 saturated heterocycles. The molecule has 164 valence electrons. The Balaban J connectivity index is 1.82. The zero-order valence-corrected chi connectivity index (χ0v) is 17.3. The summed E-state index contributed by atoms with van der Waals surface area (Å²) in [6.45, 7) is 4.97. The molecule has 0 aliphatic rings. The van der Waals surface area contributed by atoms with Gasteiger partial charge in [-0.3, -0.25) is 9.69 Å². The molecule has 0 saturated carbocycles. The highest BCUT2D eigenvalue weighted by Crippen LogP contribution is 2.30. The quantitative estimate of drug-likeness (QED) is 0.532. The molecular weight excluding hydrogens is 407 g/mol. The van der Waals surface area contributed by atoms with Crippen molar-refractivity contribution >= 4 is 5.91 Å². The summed E-state index contributed by atoms with van der Waals surface area (Å²) < 4.78 is 44.1. The molecule has 1 aromatic heterocycles.